The molecule has 0 bridgehead atoms. The van der Waals surface area contributed by atoms with E-state index in [4.69, 9.17) is 10.5 Å². The molecule has 18 heavy (non-hydrogen) atoms. The summed E-state index contributed by atoms with van der Waals surface area (Å²) in [6, 6.07) is 3.60. The number of nitrogens with zero attached hydrogens (tertiary/aromatic N) is 2. The number of hydrogen-bond acceptors (Lipinski definition) is 4. The van der Waals surface area contributed by atoms with Gasteiger partial charge in [0.2, 0.25) is 0 Å². The van der Waals surface area contributed by atoms with Gasteiger partial charge in [0.05, 0.1) is 18.9 Å². The van der Waals surface area contributed by atoms with Gasteiger partial charge in [-0.05, 0) is 30.2 Å². The Morgan fingerprint density at radius 1 is 1.39 bits per heavy atom. The van der Waals surface area contributed by atoms with Crippen molar-refractivity contribution in [3.8, 4) is 11.1 Å². The van der Waals surface area contributed by atoms with E-state index < -0.39 is 0 Å². The van der Waals surface area contributed by atoms with E-state index in [-0.39, 0.29) is 5.97 Å². The van der Waals surface area contributed by atoms with Crippen LogP contribution in [-0.2, 0) is 11.8 Å². The number of aryl methyl sites for hydroxylation is 1. The van der Waals surface area contributed by atoms with Crippen LogP contribution in [0.15, 0.2) is 24.5 Å². The van der Waals surface area contributed by atoms with Gasteiger partial charge < -0.3 is 10.5 Å². The molecular formula is C13H15N3O2. The molecule has 0 spiro atoms. The normalized spacial score (nSPS) is 10.4. The van der Waals surface area contributed by atoms with Gasteiger partial charge in [0.1, 0.15) is 0 Å². The summed E-state index contributed by atoms with van der Waals surface area (Å²) in [7, 11) is 3.19. The number of rotatable bonds is 2. The molecule has 0 atom stereocenters. The molecule has 2 rings (SSSR count). The van der Waals surface area contributed by atoms with Crippen molar-refractivity contribution in [2.24, 2.45) is 7.05 Å². The average Bonchev–Trinajstić information content (AvgIpc) is 2.78. The monoisotopic (exact) mass is 245 g/mol. The summed E-state index contributed by atoms with van der Waals surface area (Å²) < 4.78 is 6.45. The summed E-state index contributed by atoms with van der Waals surface area (Å²) >= 11 is 0. The Bertz CT molecular complexity index is 602. The molecule has 0 aliphatic rings. The first kappa shape index (κ1) is 12.2. The zero-order chi connectivity index (χ0) is 13.3. The number of hydrogen-bond donors (Lipinski definition) is 1. The maximum absolute atomic E-state index is 11.7. The second-order valence-corrected chi connectivity index (χ2v) is 4.13. The topological polar surface area (TPSA) is 70.1 Å². The Morgan fingerprint density at radius 2 is 2.11 bits per heavy atom. The van der Waals surface area contributed by atoms with Crippen LogP contribution in [0.25, 0.3) is 11.1 Å². The number of ether oxygens (including phenoxy) is 1. The van der Waals surface area contributed by atoms with Gasteiger partial charge in [0.15, 0.2) is 0 Å². The lowest BCUT2D eigenvalue weighted by atomic mass is 10.00. The van der Waals surface area contributed by atoms with E-state index >= 15 is 0 Å². The summed E-state index contributed by atoms with van der Waals surface area (Å²) in [4.78, 5) is 11.7. The Balaban J connectivity index is 2.57. The van der Waals surface area contributed by atoms with Crippen molar-refractivity contribution >= 4 is 11.7 Å². The van der Waals surface area contributed by atoms with Crippen LogP contribution in [0.2, 0.25) is 0 Å². The molecule has 0 unspecified atom stereocenters. The van der Waals surface area contributed by atoms with E-state index in [1.807, 2.05) is 19.3 Å². The van der Waals surface area contributed by atoms with Crippen LogP contribution in [0, 0.1) is 6.92 Å². The minimum atomic E-state index is -0.384. The second kappa shape index (κ2) is 4.52. The molecule has 1 aromatic carbocycles. The van der Waals surface area contributed by atoms with Crippen LogP contribution in [0.3, 0.4) is 0 Å². The maximum Gasteiger partial charge on any atom is 0.338 e. The number of carbonyl (C=O) groups is 1. The fourth-order valence-electron chi connectivity index (χ4n) is 1.80. The lowest BCUT2D eigenvalue weighted by Crippen LogP contribution is -2.06. The number of methoxy groups -OCH3 is 1. The maximum atomic E-state index is 11.7. The lowest BCUT2D eigenvalue weighted by molar-refractivity contribution is 0.0600. The van der Waals surface area contributed by atoms with E-state index in [1.165, 1.54) is 7.11 Å². The summed E-state index contributed by atoms with van der Waals surface area (Å²) in [6.07, 6.45) is 3.59. The Kier molecular flexibility index (Phi) is 3.06. The first-order valence-corrected chi connectivity index (χ1v) is 5.50. The zero-order valence-electron chi connectivity index (χ0n) is 10.6. The average molecular weight is 245 g/mol. The molecule has 2 N–H and O–H groups in total. The smallest absolute Gasteiger partial charge is 0.338 e. The van der Waals surface area contributed by atoms with Crippen molar-refractivity contribution in [3.05, 3.63) is 35.7 Å². The van der Waals surface area contributed by atoms with Gasteiger partial charge in [-0.25, -0.2) is 4.79 Å². The van der Waals surface area contributed by atoms with Crippen LogP contribution in [0.4, 0.5) is 5.69 Å². The fraction of sp³-hybridized carbons (Fsp3) is 0.231. The van der Waals surface area contributed by atoms with Gasteiger partial charge >= 0.3 is 5.97 Å². The van der Waals surface area contributed by atoms with Gasteiger partial charge in [-0.15, -0.1) is 0 Å². The largest absolute Gasteiger partial charge is 0.465 e. The first-order chi connectivity index (χ1) is 8.52. The highest BCUT2D eigenvalue weighted by atomic mass is 16.5. The minimum Gasteiger partial charge on any atom is -0.465 e. The summed E-state index contributed by atoms with van der Waals surface area (Å²) in [5.74, 6) is -0.384. The SMILES string of the molecule is COC(=O)c1cc(-c2cnn(C)c2)cc(N)c1C. The molecule has 0 aliphatic carbocycles. The van der Waals surface area contributed by atoms with Gasteiger partial charge in [-0.2, -0.15) is 5.10 Å². The van der Waals surface area contributed by atoms with Crippen molar-refractivity contribution in [1.82, 2.24) is 9.78 Å². The Morgan fingerprint density at radius 3 is 2.67 bits per heavy atom. The number of nitrogen functional groups attached to an aromatic ring is 1. The van der Waals surface area contributed by atoms with Crippen molar-refractivity contribution in [3.63, 3.8) is 0 Å². The van der Waals surface area contributed by atoms with E-state index in [0.717, 1.165) is 16.7 Å². The minimum absolute atomic E-state index is 0.384. The third kappa shape index (κ3) is 2.07. The predicted molar refractivity (Wildman–Crippen MR) is 69.1 cm³/mol. The number of anilines is 1. The van der Waals surface area contributed by atoms with Gasteiger partial charge in [0, 0.05) is 24.5 Å². The van der Waals surface area contributed by atoms with E-state index in [2.05, 4.69) is 5.10 Å². The molecule has 5 heteroatoms. The molecule has 0 amide bonds. The zero-order valence-corrected chi connectivity index (χ0v) is 10.6. The van der Waals surface area contributed by atoms with Gasteiger partial charge in [-0.1, -0.05) is 0 Å². The van der Waals surface area contributed by atoms with E-state index in [0.29, 0.717) is 11.3 Å². The number of nitrogens with two attached hydrogens (primary N) is 1. The molecule has 0 aliphatic heterocycles. The molecule has 0 saturated carbocycles. The molecule has 0 saturated heterocycles. The van der Waals surface area contributed by atoms with Crippen LogP contribution >= 0.6 is 0 Å². The molecule has 1 heterocycles. The van der Waals surface area contributed by atoms with Crippen molar-refractivity contribution < 1.29 is 9.53 Å². The van der Waals surface area contributed by atoms with Crippen LogP contribution in [-0.4, -0.2) is 22.9 Å². The lowest BCUT2D eigenvalue weighted by Gasteiger charge is -2.09. The first-order valence-electron chi connectivity index (χ1n) is 5.50. The van der Waals surface area contributed by atoms with Crippen LogP contribution < -0.4 is 5.73 Å². The molecule has 0 fully saturated rings. The molecule has 2 aromatic rings. The third-order valence-electron chi connectivity index (χ3n) is 2.89. The summed E-state index contributed by atoms with van der Waals surface area (Å²) in [6.45, 7) is 1.80. The molecular weight excluding hydrogens is 230 g/mol. The molecule has 94 valence electrons. The Labute approximate surface area is 105 Å². The van der Waals surface area contributed by atoms with Crippen molar-refractivity contribution in [1.29, 1.82) is 0 Å². The summed E-state index contributed by atoms with van der Waals surface area (Å²) in [5.41, 5.74) is 9.47. The number of aromatic nitrogens is 2. The molecule has 0 radical (unpaired) electrons. The van der Waals surface area contributed by atoms with Crippen molar-refractivity contribution in [2.45, 2.75) is 6.92 Å². The van der Waals surface area contributed by atoms with E-state index in [9.17, 15) is 4.79 Å². The number of carbonyl (C=O) groups excluding carboxylic acids is 1. The quantitative estimate of drug-likeness (QED) is 0.646. The van der Waals surface area contributed by atoms with E-state index in [1.54, 1.807) is 23.9 Å². The van der Waals surface area contributed by atoms with Gasteiger partial charge in [-0.3, -0.25) is 4.68 Å². The number of esters is 1. The highest BCUT2D eigenvalue weighted by Gasteiger charge is 2.14. The second-order valence-electron chi connectivity index (χ2n) is 4.13. The summed E-state index contributed by atoms with van der Waals surface area (Å²) in [5, 5.41) is 4.10. The van der Waals surface area contributed by atoms with Crippen molar-refractivity contribution in [2.75, 3.05) is 12.8 Å². The van der Waals surface area contributed by atoms with Crippen LogP contribution in [0.1, 0.15) is 15.9 Å². The third-order valence-corrected chi connectivity index (χ3v) is 2.89. The van der Waals surface area contributed by atoms with Gasteiger partial charge in [0.25, 0.3) is 0 Å². The molecule has 1 aromatic heterocycles. The number of benzene rings is 1. The highest BCUT2D eigenvalue weighted by molar-refractivity contribution is 5.94. The Hall–Kier alpha value is -2.30. The predicted octanol–water partition coefficient (Wildman–Crippen LogP) is 1.76. The highest BCUT2D eigenvalue weighted by Crippen LogP contribution is 2.27. The molecule has 5 nitrogen and oxygen atoms in total. The standard InChI is InChI=1S/C13H15N3O2/c1-8-11(13(17)18-3)4-9(5-12(8)14)10-6-15-16(2)7-10/h4-7H,14H2,1-3H3. The van der Waals surface area contributed by atoms with Crippen LogP contribution in [0.5, 0.6) is 0 Å². The fourth-order valence-corrected chi connectivity index (χ4v) is 1.80.